The molecule has 0 aromatic heterocycles. The van der Waals surface area contributed by atoms with Gasteiger partial charge >= 0.3 is 5.97 Å². The quantitative estimate of drug-likeness (QED) is 0.544. The maximum absolute atomic E-state index is 11.6. The fourth-order valence-corrected chi connectivity index (χ4v) is 1.93. The van der Waals surface area contributed by atoms with Crippen molar-refractivity contribution in [3.63, 3.8) is 0 Å². The average Bonchev–Trinajstić information content (AvgIpc) is 2.83. The lowest BCUT2D eigenvalue weighted by atomic mass is 10.2. The number of carboxylic acid groups (broad SMARTS) is 1. The normalized spacial score (nSPS) is 22.9. The highest BCUT2D eigenvalue weighted by Gasteiger charge is 2.34. The van der Waals surface area contributed by atoms with Gasteiger partial charge < -0.3 is 20.3 Å². The first-order chi connectivity index (χ1) is 8.65. The van der Waals surface area contributed by atoms with Gasteiger partial charge in [0.15, 0.2) is 6.10 Å². The van der Waals surface area contributed by atoms with Crippen molar-refractivity contribution in [3.8, 4) is 0 Å². The molecule has 1 aliphatic heterocycles. The van der Waals surface area contributed by atoms with Gasteiger partial charge in [0.2, 0.25) is 5.91 Å². The summed E-state index contributed by atoms with van der Waals surface area (Å²) in [6, 6.07) is 0. The number of aliphatic hydroxyl groups excluding tert-OH is 1. The van der Waals surface area contributed by atoms with E-state index < -0.39 is 18.2 Å². The van der Waals surface area contributed by atoms with Crippen LogP contribution in [0.3, 0.4) is 0 Å². The Morgan fingerprint density at radius 2 is 1.78 bits per heavy atom. The summed E-state index contributed by atoms with van der Waals surface area (Å²) in [7, 11) is 0. The highest BCUT2D eigenvalue weighted by Crippen LogP contribution is 2.19. The van der Waals surface area contributed by atoms with E-state index >= 15 is 0 Å². The standard InChI is InChI=1S/C12H21NO5/c14-8-4-2-1-3-7-13-11(15)9-5-6-10(18-9)12(16)17/h9-10,14H,1-8H2,(H,13,15)(H,16,17). The van der Waals surface area contributed by atoms with E-state index in [-0.39, 0.29) is 12.5 Å². The summed E-state index contributed by atoms with van der Waals surface area (Å²) in [4.78, 5) is 22.3. The molecule has 2 atom stereocenters. The van der Waals surface area contributed by atoms with Crippen LogP contribution in [-0.4, -0.2) is 47.4 Å². The lowest BCUT2D eigenvalue weighted by Crippen LogP contribution is -2.36. The Bertz CT molecular complexity index is 282. The molecule has 1 aliphatic rings. The summed E-state index contributed by atoms with van der Waals surface area (Å²) in [5.41, 5.74) is 0. The molecule has 0 spiro atoms. The molecule has 6 nitrogen and oxygen atoms in total. The number of aliphatic carboxylic acids is 1. The van der Waals surface area contributed by atoms with Crippen LogP contribution >= 0.6 is 0 Å². The average molecular weight is 259 g/mol. The molecule has 1 amide bonds. The summed E-state index contributed by atoms with van der Waals surface area (Å²) in [5, 5.41) is 20.1. The zero-order chi connectivity index (χ0) is 13.4. The fraction of sp³-hybridized carbons (Fsp3) is 0.833. The Labute approximate surface area is 106 Å². The molecule has 18 heavy (non-hydrogen) atoms. The molecule has 1 saturated heterocycles. The topological polar surface area (TPSA) is 95.9 Å². The third-order valence-corrected chi connectivity index (χ3v) is 2.97. The van der Waals surface area contributed by atoms with E-state index in [0.29, 0.717) is 19.4 Å². The number of ether oxygens (including phenoxy) is 1. The molecular formula is C12H21NO5. The zero-order valence-corrected chi connectivity index (χ0v) is 10.4. The molecule has 6 heteroatoms. The molecule has 104 valence electrons. The predicted molar refractivity (Wildman–Crippen MR) is 64.1 cm³/mol. The molecule has 2 unspecified atom stereocenters. The smallest absolute Gasteiger partial charge is 0.332 e. The number of carbonyl (C=O) groups excluding carboxylic acids is 1. The van der Waals surface area contributed by atoms with E-state index in [0.717, 1.165) is 25.7 Å². The van der Waals surface area contributed by atoms with Crippen molar-refractivity contribution < 1.29 is 24.5 Å². The second-order valence-electron chi connectivity index (χ2n) is 4.46. The molecule has 1 rings (SSSR count). The highest BCUT2D eigenvalue weighted by atomic mass is 16.5. The first-order valence-corrected chi connectivity index (χ1v) is 6.42. The monoisotopic (exact) mass is 259 g/mol. The number of rotatable bonds is 8. The van der Waals surface area contributed by atoms with Crippen LogP contribution in [0.4, 0.5) is 0 Å². The Hall–Kier alpha value is -1.14. The summed E-state index contributed by atoms with van der Waals surface area (Å²) < 4.78 is 5.14. The zero-order valence-electron chi connectivity index (χ0n) is 10.4. The van der Waals surface area contributed by atoms with Gasteiger partial charge in [-0.25, -0.2) is 4.79 Å². The van der Waals surface area contributed by atoms with Crippen molar-refractivity contribution in [2.45, 2.75) is 50.7 Å². The van der Waals surface area contributed by atoms with E-state index in [2.05, 4.69) is 5.32 Å². The van der Waals surface area contributed by atoms with E-state index in [9.17, 15) is 9.59 Å². The second kappa shape index (κ2) is 8.05. The van der Waals surface area contributed by atoms with Gasteiger partial charge in [0.25, 0.3) is 0 Å². The third kappa shape index (κ3) is 5.01. The van der Waals surface area contributed by atoms with Crippen LogP contribution in [0, 0.1) is 0 Å². The van der Waals surface area contributed by atoms with E-state index in [1.165, 1.54) is 0 Å². The molecule has 1 heterocycles. The number of hydrogen-bond donors (Lipinski definition) is 3. The number of carboxylic acids is 1. The highest BCUT2D eigenvalue weighted by molar-refractivity contribution is 5.82. The molecule has 1 fully saturated rings. The van der Waals surface area contributed by atoms with E-state index in [1.54, 1.807) is 0 Å². The van der Waals surface area contributed by atoms with Gasteiger partial charge in [0.1, 0.15) is 6.10 Å². The third-order valence-electron chi connectivity index (χ3n) is 2.97. The minimum Gasteiger partial charge on any atom is -0.479 e. The minimum absolute atomic E-state index is 0.207. The molecule has 0 aromatic carbocycles. The molecule has 0 saturated carbocycles. The van der Waals surface area contributed by atoms with Gasteiger partial charge in [-0.15, -0.1) is 0 Å². The first-order valence-electron chi connectivity index (χ1n) is 6.42. The van der Waals surface area contributed by atoms with Crippen LogP contribution in [-0.2, 0) is 14.3 Å². The van der Waals surface area contributed by atoms with Gasteiger partial charge in [0.05, 0.1) is 0 Å². The van der Waals surface area contributed by atoms with Gasteiger partial charge in [-0.1, -0.05) is 12.8 Å². The van der Waals surface area contributed by atoms with Crippen molar-refractivity contribution in [2.75, 3.05) is 13.2 Å². The van der Waals surface area contributed by atoms with Crippen molar-refractivity contribution in [1.29, 1.82) is 0 Å². The van der Waals surface area contributed by atoms with Crippen molar-refractivity contribution in [1.82, 2.24) is 5.32 Å². The van der Waals surface area contributed by atoms with Crippen LogP contribution in [0.15, 0.2) is 0 Å². The van der Waals surface area contributed by atoms with Gasteiger partial charge in [-0.3, -0.25) is 4.79 Å². The number of amides is 1. The largest absolute Gasteiger partial charge is 0.479 e. The van der Waals surface area contributed by atoms with E-state index in [4.69, 9.17) is 14.9 Å². The molecule has 0 aromatic rings. The number of hydrogen-bond acceptors (Lipinski definition) is 4. The second-order valence-corrected chi connectivity index (χ2v) is 4.46. The van der Waals surface area contributed by atoms with Crippen LogP contribution in [0.25, 0.3) is 0 Å². The van der Waals surface area contributed by atoms with Gasteiger partial charge in [-0.05, 0) is 25.7 Å². The number of unbranched alkanes of at least 4 members (excludes halogenated alkanes) is 3. The summed E-state index contributed by atoms with van der Waals surface area (Å²) in [5.74, 6) is -1.23. The Morgan fingerprint density at radius 1 is 1.11 bits per heavy atom. The molecule has 0 aliphatic carbocycles. The number of carbonyl (C=O) groups is 2. The SMILES string of the molecule is O=C(O)C1CCC(C(=O)NCCCCCCO)O1. The number of nitrogens with one attached hydrogen (secondary N) is 1. The van der Waals surface area contributed by atoms with Crippen LogP contribution < -0.4 is 5.32 Å². The molecule has 0 radical (unpaired) electrons. The minimum atomic E-state index is -1.01. The summed E-state index contributed by atoms with van der Waals surface area (Å²) in [6.07, 6.45) is 2.96. The maximum Gasteiger partial charge on any atom is 0.332 e. The van der Waals surface area contributed by atoms with Crippen LogP contribution in [0.2, 0.25) is 0 Å². The lowest BCUT2D eigenvalue weighted by molar-refractivity contribution is -0.151. The fourth-order valence-electron chi connectivity index (χ4n) is 1.93. The Morgan fingerprint density at radius 3 is 2.39 bits per heavy atom. The summed E-state index contributed by atoms with van der Waals surface area (Å²) in [6.45, 7) is 0.778. The van der Waals surface area contributed by atoms with Gasteiger partial charge in [0, 0.05) is 13.2 Å². The molecule has 3 N–H and O–H groups in total. The Balaban J connectivity index is 2.09. The van der Waals surface area contributed by atoms with E-state index in [1.807, 2.05) is 0 Å². The lowest BCUT2D eigenvalue weighted by Gasteiger charge is -2.11. The van der Waals surface area contributed by atoms with Crippen LogP contribution in [0.5, 0.6) is 0 Å². The van der Waals surface area contributed by atoms with Crippen LogP contribution in [0.1, 0.15) is 38.5 Å². The van der Waals surface area contributed by atoms with Crippen molar-refractivity contribution in [2.24, 2.45) is 0 Å². The maximum atomic E-state index is 11.6. The molecular weight excluding hydrogens is 238 g/mol. The summed E-state index contributed by atoms with van der Waals surface area (Å²) >= 11 is 0. The van der Waals surface area contributed by atoms with Crippen molar-refractivity contribution in [3.05, 3.63) is 0 Å². The van der Waals surface area contributed by atoms with Gasteiger partial charge in [-0.2, -0.15) is 0 Å². The molecule has 0 bridgehead atoms. The first kappa shape index (κ1) is 14.9. The predicted octanol–water partition coefficient (Wildman–Crippen LogP) is 0.287. The van der Waals surface area contributed by atoms with Crippen molar-refractivity contribution >= 4 is 11.9 Å². The Kier molecular flexibility index (Phi) is 6.67. The number of aliphatic hydroxyl groups is 1.